The standard InChI is InChI=1S/C56H54N4O.Pt/c1-36-16-14-17-37(2)53(36)38-22-25-49-51(28-38)59(43-30-40(55(6,7)8)29-41(31-43)56(9,10)11)35-58(49)42-18-15-19-44(33-42)61-45-23-24-47-46-20-12-13-21-48(46)60(50(47)34-45)52-32-39(26-27-57-52)54(3,4)5;/h12-32H,1-11H3;/q-2;. The van der Waals surface area contributed by atoms with Gasteiger partial charge in [-0.15, -0.1) is 29.7 Å². The van der Waals surface area contributed by atoms with E-state index < -0.39 is 0 Å². The molecule has 62 heavy (non-hydrogen) atoms. The van der Waals surface area contributed by atoms with E-state index in [9.17, 15) is 0 Å². The quantitative estimate of drug-likeness (QED) is 0.123. The second-order valence-electron chi connectivity index (χ2n) is 19.6. The van der Waals surface area contributed by atoms with Gasteiger partial charge in [-0.1, -0.05) is 122 Å². The minimum atomic E-state index is -0.0425. The zero-order valence-electron chi connectivity index (χ0n) is 37.6. The van der Waals surface area contributed by atoms with Crippen molar-refractivity contribution in [3.8, 4) is 39.8 Å². The monoisotopic (exact) mass is 993 g/mol. The molecule has 0 saturated carbocycles. The molecule has 0 amide bonds. The van der Waals surface area contributed by atoms with Crippen LogP contribution in [0.1, 0.15) is 90.1 Å². The van der Waals surface area contributed by atoms with Crippen LogP contribution >= 0.6 is 0 Å². The van der Waals surface area contributed by atoms with Gasteiger partial charge in [-0.3, -0.25) is 4.57 Å². The zero-order valence-corrected chi connectivity index (χ0v) is 39.9. The van der Waals surface area contributed by atoms with Crippen molar-refractivity contribution in [1.82, 2.24) is 14.1 Å². The van der Waals surface area contributed by atoms with Crippen molar-refractivity contribution >= 4 is 32.8 Å². The molecule has 0 saturated heterocycles. The van der Waals surface area contributed by atoms with E-state index >= 15 is 0 Å². The second kappa shape index (κ2) is 15.8. The molecule has 0 radical (unpaired) electrons. The van der Waals surface area contributed by atoms with E-state index in [2.05, 4.69) is 211 Å². The van der Waals surface area contributed by atoms with E-state index in [1.54, 1.807) is 0 Å². The Balaban J connectivity index is 0.00000529. The molecule has 0 aliphatic rings. The summed E-state index contributed by atoms with van der Waals surface area (Å²) >= 11 is 0. The summed E-state index contributed by atoms with van der Waals surface area (Å²) in [6.07, 6.45) is 5.69. The van der Waals surface area contributed by atoms with Gasteiger partial charge >= 0.3 is 0 Å². The third kappa shape index (κ3) is 7.93. The number of imidazole rings is 1. The summed E-state index contributed by atoms with van der Waals surface area (Å²) in [6.45, 7) is 24.8. The van der Waals surface area contributed by atoms with Crippen LogP contribution in [-0.2, 0) is 37.3 Å². The topological polar surface area (TPSA) is 35.9 Å². The van der Waals surface area contributed by atoms with Crippen LogP contribution in [-0.4, -0.2) is 14.1 Å². The average Bonchev–Trinajstić information content (AvgIpc) is 3.75. The molecule has 0 spiro atoms. The van der Waals surface area contributed by atoms with Gasteiger partial charge in [-0.2, -0.15) is 18.2 Å². The van der Waals surface area contributed by atoms with Crippen LogP contribution in [0.4, 0.5) is 0 Å². The Morgan fingerprint density at radius 3 is 1.94 bits per heavy atom. The van der Waals surface area contributed by atoms with Crippen molar-refractivity contribution in [3.63, 3.8) is 0 Å². The van der Waals surface area contributed by atoms with E-state index in [1.165, 1.54) is 38.9 Å². The minimum Gasteiger partial charge on any atom is -0.510 e. The molecule has 0 aliphatic carbocycles. The normalized spacial score (nSPS) is 12.3. The summed E-state index contributed by atoms with van der Waals surface area (Å²) in [5, 5.41) is 2.23. The molecule has 0 atom stereocenters. The summed E-state index contributed by atoms with van der Waals surface area (Å²) < 4.78 is 13.2. The Labute approximate surface area is 381 Å². The molecule has 6 aromatic carbocycles. The van der Waals surface area contributed by atoms with Crippen LogP contribution in [0.25, 0.3) is 61.2 Å². The van der Waals surface area contributed by atoms with E-state index in [0.29, 0.717) is 11.5 Å². The number of ether oxygens (including phenoxy) is 1. The van der Waals surface area contributed by atoms with Gasteiger partial charge in [-0.05, 0) is 117 Å². The van der Waals surface area contributed by atoms with Crippen molar-refractivity contribution < 1.29 is 30.4 Å². The average molecular weight is 994 g/mol. The van der Waals surface area contributed by atoms with Crippen LogP contribution in [0.5, 0.6) is 11.5 Å². The maximum absolute atomic E-state index is 6.65. The molecule has 0 bridgehead atoms. The predicted octanol–water partition coefficient (Wildman–Crippen LogP) is 13.8. The number of fused-ring (bicyclic) bond motifs is 4. The maximum atomic E-state index is 6.65. The third-order valence-corrected chi connectivity index (χ3v) is 11.9. The van der Waals surface area contributed by atoms with Crippen molar-refractivity contribution in [1.29, 1.82) is 0 Å². The number of pyridine rings is 1. The second-order valence-corrected chi connectivity index (χ2v) is 19.6. The van der Waals surface area contributed by atoms with Gasteiger partial charge < -0.3 is 13.9 Å². The number of aromatic nitrogens is 4. The SMILES string of the molecule is Cc1cccc(C)c1-c1ccc2c(c1)[n+](-c1cc(C(C)(C)C)cc(C(C)(C)C)c1)[c-]n2-c1[c-]c(Oc2[c-]c3c(cc2)c2ccccc2n3-c2cc(C(C)(C)C)ccn2)ccc1.[Pt]. The van der Waals surface area contributed by atoms with E-state index in [-0.39, 0.29) is 37.3 Å². The van der Waals surface area contributed by atoms with Crippen LogP contribution in [0.15, 0.2) is 128 Å². The largest absolute Gasteiger partial charge is 0.510 e. The number of para-hydroxylation sites is 1. The molecule has 9 rings (SSSR count). The fraction of sp³-hybridized carbons (Fsp3) is 0.250. The van der Waals surface area contributed by atoms with Crippen LogP contribution in [0.2, 0.25) is 0 Å². The first-order chi connectivity index (χ1) is 28.9. The molecule has 5 nitrogen and oxygen atoms in total. The first kappa shape index (κ1) is 42.9. The Morgan fingerprint density at radius 2 is 1.24 bits per heavy atom. The first-order valence-electron chi connectivity index (χ1n) is 21.3. The molecule has 0 fully saturated rings. The molecule has 9 aromatic rings. The number of rotatable bonds is 6. The molecular weight excluding hydrogens is 940 g/mol. The Bertz CT molecular complexity index is 3090. The van der Waals surface area contributed by atoms with Crippen LogP contribution in [0.3, 0.4) is 0 Å². The molecular formula is C56H54N4OPt-2. The Morgan fingerprint density at radius 1 is 0.581 bits per heavy atom. The number of nitrogens with zero attached hydrogens (tertiary/aromatic N) is 4. The first-order valence-corrected chi connectivity index (χ1v) is 21.3. The molecule has 6 heteroatoms. The molecule has 316 valence electrons. The van der Waals surface area contributed by atoms with Gasteiger partial charge in [0, 0.05) is 44.3 Å². The summed E-state index contributed by atoms with van der Waals surface area (Å²) in [4.78, 5) is 4.86. The van der Waals surface area contributed by atoms with Crippen molar-refractivity contribution in [2.45, 2.75) is 92.4 Å². The molecule has 0 aliphatic heterocycles. The molecule has 3 aromatic heterocycles. The number of benzene rings is 6. The summed E-state index contributed by atoms with van der Waals surface area (Å²) in [5.74, 6) is 2.04. The zero-order chi connectivity index (χ0) is 43.0. The predicted molar refractivity (Wildman–Crippen MR) is 251 cm³/mol. The summed E-state index contributed by atoms with van der Waals surface area (Å²) in [7, 11) is 0. The maximum Gasteiger partial charge on any atom is 0.268 e. The van der Waals surface area contributed by atoms with Gasteiger partial charge in [0.05, 0.1) is 16.7 Å². The molecule has 3 heterocycles. The number of hydrogen-bond acceptors (Lipinski definition) is 2. The molecule has 0 unspecified atom stereocenters. The summed E-state index contributed by atoms with van der Waals surface area (Å²) in [5.41, 5.74) is 14.6. The number of aryl methyl sites for hydroxylation is 2. The Kier molecular flexibility index (Phi) is 11.0. The van der Waals surface area contributed by atoms with Gasteiger partial charge in [0.15, 0.2) is 0 Å². The third-order valence-electron chi connectivity index (χ3n) is 11.9. The van der Waals surface area contributed by atoms with E-state index in [0.717, 1.165) is 50.0 Å². The minimum absolute atomic E-state index is 0. The fourth-order valence-corrected chi connectivity index (χ4v) is 8.43. The smallest absolute Gasteiger partial charge is 0.268 e. The van der Waals surface area contributed by atoms with Gasteiger partial charge in [0.1, 0.15) is 5.82 Å². The number of hydrogen-bond donors (Lipinski definition) is 0. The van der Waals surface area contributed by atoms with E-state index in [1.807, 2.05) is 24.4 Å². The fourth-order valence-electron chi connectivity index (χ4n) is 8.43. The van der Waals surface area contributed by atoms with Crippen molar-refractivity contribution in [2.24, 2.45) is 0 Å². The van der Waals surface area contributed by atoms with Gasteiger partial charge in [-0.25, -0.2) is 4.98 Å². The van der Waals surface area contributed by atoms with Crippen molar-refractivity contribution in [2.75, 3.05) is 0 Å². The Hall–Kier alpha value is -5.77. The molecule has 0 N–H and O–H groups in total. The van der Waals surface area contributed by atoms with Gasteiger partial charge in [0.2, 0.25) is 0 Å². The van der Waals surface area contributed by atoms with Crippen LogP contribution in [0, 0.1) is 32.3 Å². The van der Waals surface area contributed by atoms with Crippen LogP contribution < -0.4 is 9.30 Å². The summed E-state index contributed by atoms with van der Waals surface area (Å²) in [6, 6.07) is 50.4. The van der Waals surface area contributed by atoms with E-state index in [4.69, 9.17) is 9.72 Å². The van der Waals surface area contributed by atoms with Crippen molar-refractivity contribution in [3.05, 3.63) is 174 Å². The van der Waals surface area contributed by atoms with Gasteiger partial charge in [0.25, 0.3) is 6.33 Å².